The molecule has 0 radical (unpaired) electrons. The van der Waals surface area contributed by atoms with Gasteiger partial charge in [0.1, 0.15) is 0 Å². The number of nitrogens with two attached hydrogens (primary N) is 1. The third-order valence-electron chi connectivity index (χ3n) is 3.84. The van der Waals surface area contributed by atoms with E-state index in [-0.39, 0.29) is 30.1 Å². The second kappa shape index (κ2) is 6.37. The fourth-order valence-electron chi connectivity index (χ4n) is 2.76. The highest BCUT2D eigenvalue weighted by Crippen LogP contribution is 2.22. The highest BCUT2D eigenvalue weighted by Gasteiger charge is 2.31. The van der Waals surface area contributed by atoms with E-state index in [1.807, 2.05) is 56.0 Å². The Hall–Kier alpha value is -1.39. The Morgan fingerprint density at radius 2 is 1.80 bits per heavy atom. The van der Waals surface area contributed by atoms with Gasteiger partial charge in [0.2, 0.25) is 5.91 Å². The molecule has 1 aromatic carbocycles. The lowest BCUT2D eigenvalue weighted by molar-refractivity contribution is -0.147. The van der Waals surface area contributed by atoms with Crippen molar-refractivity contribution in [2.45, 2.75) is 39.0 Å². The average Bonchev–Trinajstić information content (AvgIpc) is 2.45. The van der Waals surface area contributed by atoms with Crippen molar-refractivity contribution in [1.82, 2.24) is 4.90 Å². The Morgan fingerprint density at radius 3 is 2.35 bits per heavy atom. The predicted octanol–water partition coefficient (Wildman–Crippen LogP) is 1.96. The van der Waals surface area contributed by atoms with Crippen LogP contribution in [0, 0.1) is 5.92 Å². The van der Waals surface area contributed by atoms with Crippen LogP contribution in [-0.4, -0.2) is 36.1 Å². The van der Waals surface area contributed by atoms with Crippen LogP contribution in [0.2, 0.25) is 0 Å². The smallest absolute Gasteiger partial charge is 0.227 e. The molecule has 0 aromatic heterocycles. The number of nitrogens with zero attached hydrogens (tertiary/aromatic N) is 1. The fraction of sp³-hybridized carbons (Fsp3) is 0.562. The van der Waals surface area contributed by atoms with E-state index in [1.165, 1.54) is 0 Å². The van der Waals surface area contributed by atoms with Gasteiger partial charge in [0.05, 0.1) is 18.1 Å². The Balaban J connectivity index is 2.04. The first-order valence-electron chi connectivity index (χ1n) is 7.23. The van der Waals surface area contributed by atoms with Crippen LogP contribution in [0.4, 0.5) is 0 Å². The SMILES string of the molecule is CC1CN(C(=O)C(C)C(N)c2ccccc2)CC(C)O1. The number of amides is 1. The molecule has 1 aliphatic heterocycles. The molecule has 1 amide bonds. The Kier molecular flexibility index (Phi) is 4.78. The maximum Gasteiger partial charge on any atom is 0.227 e. The first kappa shape index (κ1) is 15.0. The van der Waals surface area contributed by atoms with Gasteiger partial charge in [-0.25, -0.2) is 0 Å². The summed E-state index contributed by atoms with van der Waals surface area (Å²) in [5.41, 5.74) is 7.24. The van der Waals surface area contributed by atoms with E-state index in [2.05, 4.69) is 0 Å². The zero-order chi connectivity index (χ0) is 14.7. The van der Waals surface area contributed by atoms with Crippen LogP contribution < -0.4 is 5.73 Å². The normalized spacial score (nSPS) is 26.1. The van der Waals surface area contributed by atoms with Gasteiger partial charge < -0.3 is 15.4 Å². The summed E-state index contributed by atoms with van der Waals surface area (Å²) >= 11 is 0. The van der Waals surface area contributed by atoms with E-state index >= 15 is 0 Å². The third kappa shape index (κ3) is 3.38. The summed E-state index contributed by atoms with van der Waals surface area (Å²) in [6.45, 7) is 7.20. The number of benzene rings is 1. The van der Waals surface area contributed by atoms with Crippen LogP contribution in [0.5, 0.6) is 0 Å². The van der Waals surface area contributed by atoms with Crippen LogP contribution in [0.3, 0.4) is 0 Å². The van der Waals surface area contributed by atoms with Gasteiger partial charge >= 0.3 is 0 Å². The lowest BCUT2D eigenvalue weighted by Gasteiger charge is -2.37. The Bertz CT molecular complexity index is 439. The minimum absolute atomic E-state index is 0.0860. The van der Waals surface area contributed by atoms with Gasteiger partial charge in [-0.3, -0.25) is 4.79 Å². The van der Waals surface area contributed by atoms with E-state index in [0.29, 0.717) is 13.1 Å². The summed E-state index contributed by atoms with van der Waals surface area (Å²) in [5, 5.41) is 0. The first-order valence-corrected chi connectivity index (χ1v) is 7.23. The van der Waals surface area contributed by atoms with E-state index in [9.17, 15) is 4.79 Å². The predicted molar refractivity (Wildman–Crippen MR) is 79.1 cm³/mol. The summed E-state index contributed by atoms with van der Waals surface area (Å²) in [6, 6.07) is 9.53. The van der Waals surface area contributed by atoms with Crippen molar-refractivity contribution in [2.75, 3.05) is 13.1 Å². The molecule has 1 saturated heterocycles. The topological polar surface area (TPSA) is 55.6 Å². The Labute approximate surface area is 120 Å². The van der Waals surface area contributed by atoms with Gasteiger partial charge in [0.25, 0.3) is 0 Å². The van der Waals surface area contributed by atoms with Crippen LogP contribution in [-0.2, 0) is 9.53 Å². The zero-order valence-corrected chi connectivity index (χ0v) is 12.5. The molecule has 4 atom stereocenters. The van der Waals surface area contributed by atoms with Crippen molar-refractivity contribution in [3.05, 3.63) is 35.9 Å². The molecule has 2 rings (SSSR count). The Morgan fingerprint density at radius 1 is 1.25 bits per heavy atom. The van der Waals surface area contributed by atoms with Crippen molar-refractivity contribution in [2.24, 2.45) is 11.7 Å². The van der Waals surface area contributed by atoms with Gasteiger partial charge in [-0.15, -0.1) is 0 Å². The molecule has 0 bridgehead atoms. The molecule has 20 heavy (non-hydrogen) atoms. The van der Waals surface area contributed by atoms with Crippen LogP contribution in [0.1, 0.15) is 32.4 Å². The lowest BCUT2D eigenvalue weighted by atomic mass is 9.94. The number of morpholine rings is 1. The van der Waals surface area contributed by atoms with Crippen molar-refractivity contribution < 1.29 is 9.53 Å². The van der Waals surface area contributed by atoms with E-state index in [1.54, 1.807) is 0 Å². The molecule has 4 heteroatoms. The molecular formula is C16H24N2O2. The number of carbonyl (C=O) groups excluding carboxylic acids is 1. The number of carbonyl (C=O) groups is 1. The highest BCUT2D eigenvalue weighted by atomic mass is 16.5. The van der Waals surface area contributed by atoms with E-state index in [4.69, 9.17) is 10.5 Å². The highest BCUT2D eigenvalue weighted by molar-refractivity contribution is 5.79. The van der Waals surface area contributed by atoms with Gasteiger partial charge in [-0.05, 0) is 19.4 Å². The monoisotopic (exact) mass is 276 g/mol. The van der Waals surface area contributed by atoms with Crippen molar-refractivity contribution in [3.63, 3.8) is 0 Å². The number of hydrogen-bond acceptors (Lipinski definition) is 3. The molecule has 2 N–H and O–H groups in total. The minimum Gasteiger partial charge on any atom is -0.372 e. The third-order valence-corrected chi connectivity index (χ3v) is 3.84. The fourth-order valence-corrected chi connectivity index (χ4v) is 2.76. The molecule has 1 heterocycles. The molecule has 1 aliphatic rings. The number of hydrogen-bond donors (Lipinski definition) is 1. The molecule has 0 saturated carbocycles. The summed E-state index contributed by atoms with van der Waals surface area (Å²) < 4.78 is 5.67. The molecule has 0 spiro atoms. The summed E-state index contributed by atoms with van der Waals surface area (Å²) in [7, 11) is 0. The number of rotatable bonds is 3. The molecule has 110 valence electrons. The first-order chi connectivity index (χ1) is 9.49. The van der Waals surface area contributed by atoms with E-state index < -0.39 is 0 Å². The molecule has 0 aliphatic carbocycles. The van der Waals surface area contributed by atoms with Gasteiger partial charge in [0.15, 0.2) is 0 Å². The largest absolute Gasteiger partial charge is 0.372 e. The van der Waals surface area contributed by atoms with Crippen LogP contribution in [0.25, 0.3) is 0 Å². The van der Waals surface area contributed by atoms with E-state index in [0.717, 1.165) is 5.56 Å². The lowest BCUT2D eigenvalue weighted by Crippen LogP contribution is -2.50. The summed E-state index contributed by atoms with van der Waals surface area (Å²) in [5.74, 6) is -0.113. The maximum atomic E-state index is 12.6. The molecule has 1 aromatic rings. The molecular weight excluding hydrogens is 252 g/mol. The number of ether oxygens (including phenoxy) is 1. The second-order valence-corrected chi connectivity index (χ2v) is 5.73. The van der Waals surface area contributed by atoms with Gasteiger partial charge in [-0.2, -0.15) is 0 Å². The molecule has 1 fully saturated rings. The summed E-state index contributed by atoms with van der Waals surface area (Å²) in [4.78, 5) is 14.5. The quantitative estimate of drug-likeness (QED) is 0.918. The molecule has 4 unspecified atom stereocenters. The van der Waals surface area contributed by atoms with Gasteiger partial charge in [-0.1, -0.05) is 37.3 Å². The average molecular weight is 276 g/mol. The van der Waals surface area contributed by atoms with Crippen LogP contribution >= 0.6 is 0 Å². The standard InChI is InChI=1S/C16H24N2O2/c1-11-9-18(10-12(2)20-11)16(19)13(3)15(17)14-7-5-4-6-8-14/h4-8,11-13,15H,9-10,17H2,1-3H3. The van der Waals surface area contributed by atoms with Crippen molar-refractivity contribution >= 4 is 5.91 Å². The maximum absolute atomic E-state index is 12.6. The van der Waals surface area contributed by atoms with Gasteiger partial charge in [0, 0.05) is 19.1 Å². The second-order valence-electron chi connectivity index (χ2n) is 5.73. The van der Waals surface area contributed by atoms with Crippen molar-refractivity contribution in [3.8, 4) is 0 Å². The zero-order valence-electron chi connectivity index (χ0n) is 12.5. The molecule has 4 nitrogen and oxygen atoms in total. The van der Waals surface area contributed by atoms with Crippen LogP contribution in [0.15, 0.2) is 30.3 Å². The minimum atomic E-state index is -0.267. The summed E-state index contributed by atoms with van der Waals surface area (Å²) in [6.07, 6.45) is 0.172. The van der Waals surface area contributed by atoms with Crippen molar-refractivity contribution in [1.29, 1.82) is 0 Å².